The number of methoxy groups -OCH3 is 1. The van der Waals surface area contributed by atoms with Crippen molar-refractivity contribution in [3.8, 4) is 5.69 Å². The zero-order valence-electron chi connectivity index (χ0n) is 12.6. The fourth-order valence-electron chi connectivity index (χ4n) is 2.28. The molecule has 2 aromatic rings. The first-order valence-electron chi connectivity index (χ1n) is 6.99. The number of ether oxygens (including phenoxy) is 1. The molecule has 112 valence electrons. The molecule has 0 spiro atoms. The standard InChI is InChI=1S/C15H20N4O2/c1-4-18(5-2)12-6-8-13(9-7-12)19-15(11-21-3)14(10-20)16-17-19/h6-10H,4-5,11H2,1-3H3. The monoisotopic (exact) mass is 288 g/mol. The largest absolute Gasteiger partial charge is 0.378 e. The zero-order valence-corrected chi connectivity index (χ0v) is 12.6. The average molecular weight is 288 g/mol. The summed E-state index contributed by atoms with van der Waals surface area (Å²) in [6.07, 6.45) is 0.697. The molecule has 1 heterocycles. The number of rotatable bonds is 7. The van der Waals surface area contributed by atoms with Crippen LogP contribution in [0.2, 0.25) is 0 Å². The summed E-state index contributed by atoms with van der Waals surface area (Å²) < 4.78 is 6.76. The highest BCUT2D eigenvalue weighted by Gasteiger charge is 2.13. The molecule has 6 heteroatoms. The normalized spacial score (nSPS) is 10.6. The van der Waals surface area contributed by atoms with E-state index in [1.807, 2.05) is 24.3 Å². The Morgan fingerprint density at radius 2 is 1.90 bits per heavy atom. The van der Waals surface area contributed by atoms with Crippen molar-refractivity contribution in [3.63, 3.8) is 0 Å². The molecule has 0 bridgehead atoms. The molecule has 0 aliphatic carbocycles. The Balaban J connectivity index is 2.34. The lowest BCUT2D eigenvalue weighted by Gasteiger charge is -2.21. The van der Waals surface area contributed by atoms with Gasteiger partial charge in [-0.2, -0.15) is 0 Å². The second-order valence-corrected chi connectivity index (χ2v) is 4.57. The van der Waals surface area contributed by atoms with Crippen LogP contribution in [0.1, 0.15) is 30.0 Å². The third-order valence-corrected chi connectivity index (χ3v) is 3.41. The van der Waals surface area contributed by atoms with Crippen LogP contribution in [0, 0.1) is 0 Å². The van der Waals surface area contributed by atoms with Crippen LogP contribution in [0.3, 0.4) is 0 Å². The number of anilines is 1. The molecule has 1 aromatic carbocycles. The van der Waals surface area contributed by atoms with Crippen molar-refractivity contribution in [2.24, 2.45) is 0 Å². The number of aromatic nitrogens is 3. The van der Waals surface area contributed by atoms with Gasteiger partial charge in [-0.05, 0) is 38.1 Å². The predicted molar refractivity (Wildman–Crippen MR) is 81.0 cm³/mol. The first kappa shape index (κ1) is 15.2. The van der Waals surface area contributed by atoms with Crippen molar-refractivity contribution < 1.29 is 9.53 Å². The van der Waals surface area contributed by atoms with Crippen molar-refractivity contribution in [3.05, 3.63) is 35.7 Å². The van der Waals surface area contributed by atoms with Gasteiger partial charge in [-0.1, -0.05) is 5.21 Å². The number of hydrogen-bond donors (Lipinski definition) is 0. The fourth-order valence-corrected chi connectivity index (χ4v) is 2.28. The SMILES string of the molecule is CCN(CC)c1ccc(-n2nnc(C=O)c2COC)cc1. The van der Waals surface area contributed by atoms with Gasteiger partial charge >= 0.3 is 0 Å². The van der Waals surface area contributed by atoms with Gasteiger partial charge in [0.2, 0.25) is 0 Å². The minimum Gasteiger partial charge on any atom is -0.378 e. The highest BCUT2D eigenvalue weighted by Crippen LogP contribution is 2.19. The Hall–Kier alpha value is -2.21. The smallest absolute Gasteiger partial charge is 0.172 e. The maximum Gasteiger partial charge on any atom is 0.172 e. The van der Waals surface area contributed by atoms with Gasteiger partial charge in [0, 0.05) is 25.9 Å². The maximum atomic E-state index is 11.0. The molecule has 0 fully saturated rings. The van der Waals surface area contributed by atoms with E-state index >= 15 is 0 Å². The second-order valence-electron chi connectivity index (χ2n) is 4.57. The van der Waals surface area contributed by atoms with Crippen LogP contribution in [0.4, 0.5) is 5.69 Å². The third kappa shape index (κ3) is 3.11. The summed E-state index contributed by atoms with van der Waals surface area (Å²) in [4.78, 5) is 13.3. The zero-order chi connectivity index (χ0) is 15.2. The molecule has 0 amide bonds. The van der Waals surface area contributed by atoms with Crippen LogP contribution in [0.25, 0.3) is 5.69 Å². The first-order valence-corrected chi connectivity index (χ1v) is 6.99. The molecule has 0 aliphatic heterocycles. The first-order chi connectivity index (χ1) is 10.2. The van der Waals surface area contributed by atoms with E-state index in [0.29, 0.717) is 24.3 Å². The van der Waals surface area contributed by atoms with Crippen LogP contribution in [-0.2, 0) is 11.3 Å². The van der Waals surface area contributed by atoms with Crippen LogP contribution in [0.15, 0.2) is 24.3 Å². The Kier molecular flexibility index (Phi) is 5.05. The van der Waals surface area contributed by atoms with Crippen molar-refractivity contribution in [1.82, 2.24) is 15.0 Å². The fraction of sp³-hybridized carbons (Fsp3) is 0.400. The van der Waals surface area contributed by atoms with Gasteiger partial charge in [-0.25, -0.2) is 4.68 Å². The Bertz CT molecular complexity index is 588. The van der Waals surface area contributed by atoms with Crippen molar-refractivity contribution in [2.75, 3.05) is 25.1 Å². The molecule has 0 atom stereocenters. The van der Waals surface area contributed by atoms with Gasteiger partial charge in [0.1, 0.15) is 5.69 Å². The number of benzene rings is 1. The van der Waals surface area contributed by atoms with Gasteiger partial charge in [0.25, 0.3) is 0 Å². The lowest BCUT2D eigenvalue weighted by Crippen LogP contribution is -2.21. The summed E-state index contributed by atoms with van der Waals surface area (Å²) in [5.41, 5.74) is 2.99. The number of nitrogens with zero attached hydrogens (tertiary/aromatic N) is 4. The van der Waals surface area contributed by atoms with Crippen molar-refractivity contribution in [1.29, 1.82) is 0 Å². The lowest BCUT2D eigenvalue weighted by molar-refractivity contribution is 0.111. The minimum atomic E-state index is 0.291. The van der Waals surface area contributed by atoms with Gasteiger partial charge in [-0.3, -0.25) is 4.79 Å². The quantitative estimate of drug-likeness (QED) is 0.730. The molecular formula is C15H20N4O2. The van der Waals surface area contributed by atoms with Crippen LogP contribution < -0.4 is 4.90 Å². The molecular weight excluding hydrogens is 268 g/mol. The molecule has 0 radical (unpaired) electrons. The Morgan fingerprint density at radius 1 is 1.24 bits per heavy atom. The van der Waals surface area contributed by atoms with E-state index in [0.717, 1.165) is 24.5 Å². The van der Waals surface area contributed by atoms with Crippen LogP contribution in [-0.4, -0.2) is 41.5 Å². The summed E-state index contributed by atoms with van der Waals surface area (Å²) in [7, 11) is 1.58. The van der Waals surface area contributed by atoms with E-state index in [-0.39, 0.29) is 0 Å². The van der Waals surface area contributed by atoms with E-state index in [4.69, 9.17) is 4.74 Å². The molecule has 6 nitrogen and oxygen atoms in total. The van der Waals surface area contributed by atoms with E-state index < -0.39 is 0 Å². The third-order valence-electron chi connectivity index (χ3n) is 3.41. The number of carbonyl (C=O) groups is 1. The summed E-state index contributed by atoms with van der Waals surface area (Å²) in [5.74, 6) is 0. The summed E-state index contributed by atoms with van der Waals surface area (Å²) in [6.45, 7) is 6.47. The molecule has 21 heavy (non-hydrogen) atoms. The Morgan fingerprint density at radius 3 is 2.43 bits per heavy atom. The summed E-state index contributed by atoms with van der Waals surface area (Å²) in [6, 6.07) is 8.02. The minimum absolute atomic E-state index is 0.291. The van der Waals surface area contributed by atoms with Gasteiger partial charge < -0.3 is 9.64 Å². The van der Waals surface area contributed by atoms with E-state index in [9.17, 15) is 4.79 Å². The van der Waals surface area contributed by atoms with Crippen molar-refractivity contribution >= 4 is 12.0 Å². The molecule has 0 saturated carbocycles. The number of carbonyl (C=O) groups excluding carboxylic acids is 1. The van der Waals surface area contributed by atoms with E-state index in [1.165, 1.54) is 0 Å². The van der Waals surface area contributed by atoms with E-state index in [2.05, 4.69) is 29.1 Å². The molecule has 0 saturated heterocycles. The van der Waals surface area contributed by atoms with Crippen molar-refractivity contribution in [2.45, 2.75) is 20.5 Å². The Labute approximate surface area is 124 Å². The molecule has 0 N–H and O–H groups in total. The predicted octanol–water partition coefficient (Wildman–Crippen LogP) is 2.07. The maximum absolute atomic E-state index is 11.0. The van der Waals surface area contributed by atoms with Crippen LogP contribution >= 0.6 is 0 Å². The number of hydrogen-bond acceptors (Lipinski definition) is 5. The highest BCUT2D eigenvalue weighted by molar-refractivity contribution is 5.73. The van der Waals surface area contributed by atoms with E-state index in [1.54, 1.807) is 11.8 Å². The topological polar surface area (TPSA) is 60.2 Å². The van der Waals surface area contributed by atoms with Gasteiger partial charge in [0.15, 0.2) is 12.0 Å². The molecule has 1 aromatic heterocycles. The highest BCUT2D eigenvalue weighted by atomic mass is 16.5. The summed E-state index contributed by atoms with van der Waals surface area (Å²) >= 11 is 0. The van der Waals surface area contributed by atoms with Gasteiger partial charge in [0.05, 0.1) is 12.3 Å². The molecule has 0 aliphatic rings. The second kappa shape index (κ2) is 6.99. The van der Waals surface area contributed by atoms with Crippen LogP contribution in [0.5, 0.6) is 0 Å². The summed E-state index contributed by atoms with van der Waals surface area (Å²) in [5, 5.41) is 7.91. The van der Waals surface area contributed by atoms with Gasteiger partial charge in [-0.15, -0.1) is 5.10 Å². The lowest BCUT2D eigenvalue weighted by atomic mass is 10.2. The number of aldehydes is 1. The average Bonchev–Trinajstić information content (AvgIpc) is 2.92. The molecule has 2 rings (SSSR count). The molecule has 0 unspecified atom stereocenters.